The summed E-state index contributed by atoms with van der Waals surface area (Å²) in [4.78, 5) is 16.5. The zero-order chi connectivity index (χ0) is 18.5. The molecule has 8 heteroatoms. The van der Waals surface area contributed by atoms with Gasteiger partial charge in [0.1, 0.15) is 12.2 Å². The predicted molar refractivity (Wildman–Crippen MR) is 87.0 cm³/mol. The fourth-order valence-corrected chi connectivity index (χ4v) is 3.49. The highest BCUT2D eigenvalue weighted by Gasteiger charge is 2.60. The lowest BCUT2D eigenvalue weighted by Gasteiger charge is -2.28. The lowest BCUT2D eigenvalue weighted by Crippen LogP contribution is -2.45. The molecule has 26 heavy (non-hydrogen) atoms. The van der Waals surface area contributed by atoms with Gasteiger partial charge in [0.05, 0.1) is 12.2 Å². The third-order valence-electron chi connectivity index (χ3n) is 4.56. The Labute approximate surface area is 151 Å². The molecule has 142 valence electrons. The van der Waals surface area contributed by atoms with Gasteiger partial charge < -0.3 is 28.4 Å². The number of carbonyl (C=O) groups is 1. The molecule has 4 rings (SSSR count). The van der Waals surface area contributed by atoms with E-state index in [0.717, 1.165) is 0 Å². The number of esters is 1. The molecule has 0 N–H and O–H groups in total. The van der Waals surface area contributed by atoms with E-state index < -0.39 is 48.2 Å². The lowest BCUT2D eigenvalue weighted by atomic mass is 10.1. The summed E-state index contributed by atoms with van der Waals surface area (Å²) in [6.07, 6.45) is 0.255. The molecule has 1 aromatic heterocycles. The maximum atomic E-state index is 12.6. The average Bonchev–Trinajstić information content (AvgIpc) is 3.18. The van der Waals surface area contributed by atoms with Crippen LogP contribution in [-0.2, 0) is 28.4 Å². The van der Waals surface area contributed by atoms with E-state index in [1.807, 2.05) is 13.8 Å². The van der Waals surface area contributed by atoms with Crippen LogP contribution in [0, 0.1) is 0 Å². The van der Waals surface area contributed by atoms with Gasteiger partial charge in [-0.15, -0.1) is 0 Å². The number of carbonyl (C=O) groups excluding carboxylic acids is 1. The number of hydrogen-bond donors (Lipinski definition) is 0. The molecule has 5 atom stereocenters. The number of ether oxygens (including phenoxy) is 6. The highest BCUT2D eigenvalue weighted by atomic mass is 16.8. The molecule has 0 unspecified atom stereocenters. The minimum atomic E-state index is -0.814. The van der Waals surface area contributed by atoms with E-state index in [9.17, 15) is 4.79 Å². The van der Waals surface area contributed by atoms with Gasteiger partial charge >= 0.3 is 5.97 Å². The van der Waals surface area contributed by atoms with Crippen LogP contribution < -0.4 is 0 Å². The largest absolute Gasteiger partial charge is 0.453 e. The second-order valence-electron chi connectivity index (χ2n) is 7.55. The van der Waals surface area contributed by atoms with Crippen LogP contribution in [0.4, 0.5) is 0 Å². The number of pyridine rings is 1. The summed E-state index contributed by atoms with van der Waals surface area (Å²) in [5, 5.41) is 0. The van der Waals surface area contributed by atoms with Gasteiger partial charge in [-0.25, -0.2) is 4.79 Å². The maximum absolute atomic E-state index is 12.6. The van der Waals surface area contributed by atoms with Crippen LogP contribution in [0.1, 0.15) is 38.1 Å². The van der Waals surface area contributed by atoms with Crippen molar-refractivity contribution in [1.82, 2.24) is 4.98 Å². The Morgan fingerprint density at radius 3 is 2.62 bits per heavy atom. The van der Waals surface area contributed by atoms with E-state index in [2.05, 4.69) is 4.98 Å². The van der Waals surface area contributed by atoms with Crippen LogP contribution >= 0.6 is 0 Å². The van der Waals surface area contributed by atoms with Crippen LogP contribution in [0.3, 0.4) is 0 Å². The van der Waals surface area contributed by atoms with Crippen LogP contribution in [-0.4, -0.2) is 59.8 Å². The molecule has 0 saturated carbocycles. The average molecular weight is 365 g/mol. The zero-order valence-corrected chi connectivity index (χ0v) is 15.2. The van der Waals surface area contributed by atoms with Crippen molar-refractivity contribution in [2.24, 2.45) is 0 Å². The zero-order valence-electron chi connectivity index (χ0n) is 15.2. The molecule has 3 saturated heterocycles. The van der Waals surface area contributed by atoms with Crippen molar-refractivity contribution >= 4 is 5.97 Å². The van der Waals surface area contributed by atoms with Gasteiger partial charge in [0.2, 0.25) is 0 Å². The van der Waals surface area contributed by atoms with E-state index in [0.29, 0.717) is 12.2 Å². The number of fused-ring (bicyclic) bond motifs is 1. The normalized spacial score (nSPS) is 37.5. The van der Waals surface area contributed by atoms with Crippen LogP contribution in [0.25, 0.3) is 0 Å². The monoisotopic (exact) mass is 365 g/mol. The van der Waals surface area contributed by atoms with E-state index >= 15 is 0 Å². The molecule has 0 aromatic carbocycles. The van der Waals surface area contributed by atoms with Gasteiger partial charge in [0, 0.05) is 12.4 Å². The van der Waals surface area contributed by atoms with E-state index in [1.54, 1.807) is 32.2 Å². The first-order valence-electron chi connectivity index (χ1n) is 8.68. The molecule has 0 bridgehead atoms. The summed E-state index contributed by atoms with van der Waals surface area (Å²) in [5.41, 5.74) is 0.358. The summed E-state index contributed by atoms with van der Waals surface area (Å²) in [5.74, 6) is -2.03. The summed E-state index contributed by atoms with van der Waals surface area (Å²) in [6.45, 7) is 7.58. The summed E-state index contributed by atoms with van der Waals surface area (Å²) >= 11 is 0. The molecule has 0 spiro atoms. The minimum Gasteiger partial charge on any atom is -0.453 e. The molecule has 3 aliphatic rings. The SMILES string of the molecule is CC1(C)O[C@H]2O[C@H]([C@H]3COC(C)(C)O3)[C@H](OC(=O)c3cccnc3)[C@H]2O1. The van der Waals surface area contributed by atoms with Crippen molar-refractivity contribution in [1.29, 1.82) is 0 Å². The summed E-state index contributed by atoms with van der Waals surface area (Å²) in [7, 11) is 0. The fourth-order valence-electron chi connectivity index (χ4n) is 3.49. The van der Waals surface area contributed by atoms with Crippen molar-refractivity contribution in [2.75, 3.05) is 6.61 Å². The van der Waals surface area contributed by atoms with Gasteiger partial charge in [-0.3, -0.25) is 4.98 Å². The number of hydrogen-bond acceptors (Lipinski definition) is 8. The Morgan fingerprint density at radius 2 is 1.96 bits per heavy atom. The van der Waals surface area contributed by atoms with E-state index in [4.69, 9.17) is 28.4 Å². The molecule has 3 aliphatic heterocycles. The summed E-state index contributed by atoms with van der Waals surface area (Å²) in [6, 6.07) is 3.32. The first-order chi connectivity index (χ1) is 12.2. The third kappa shape index (κ3) is 3.35. The minimum absolute atomic E-state index is 0.335. The second kappa shape index (κ2) is 6.24. The van der Waals surface area contributed by atoms with Gasteiger partial charge in [-0.05, 0) is 39.8 Å². The van der Waals surface area contributed by atoms with Crippen molar-refractivity contribution < 1.29 is 33.2 Å². The van der Waals surface area contributed by atoms with Gasteiger partial charge in [0.15, 0.2) is 30.1 Å². The Bertz CT molecular complexity index is 677. The Kier molecular flexibility index (Phi) is 4.28. The Balaban J connectivity index is 1.55. The fraction of sp³-hybridized carbons (Fsp3) is 0.667. The van der Waals surface area contributed by atoms with Gasteiger partial charge in [-0.1, -0.05) is 0 Å². The molecular formula is C18H23NO7. The Morgan fingerprint density at radius 1 is 1.15 bits per heavy atom. The quantitative estimate of drug-likeness (QED) is 0.748. The van der Waals surface area contributed by atoms with Crippen LogP contribution in [0.5, 0.6) is 0 Å². The van der Waals surface area contributed by atoms with Gasteiger partial charge in [-0.2, -0.15) is 0 Å². The van der Waals surface area contributed by atoms with Crippen molar-refractivity contribution in [3.05, 3.63) is 30.1 Å². The number of nitrogens with zero attached hydrogens (tertiary/aromatic N) is 1. The molecule has 0 radical (unpaired) electrons. The van der Waals surface area contributed by atoms with Crippen molar-refractivity contribution in [3.8, 4) is 0 Å². The highest BCUT2D eigenvalue weighted by molar-refractivity contribution is 5.89. The first kappa shape index (κ1) is 17.8. The number of aromatic nitrogens is 1. The molecular weight excluding hydrogens is 342 g/mol. The topological polar surface area (TPSA) is 85.3 Å². The molecule has 1 aromatic rings. The summed E-state index contributed by atoms with van der Waals surface area (Å²) < 4.78 is 35.0. The molecule has 0 aliphatic carbocycles. The van der Waals surface area contributed by atoms with Crippen molar-refractivity contribution in [3.63, 3.8) is 0 Å². The standard InChI is InChI=1S/C18H23NO7/c1-17(2)21-9-11(24-17)12-13(14-16(23-12)26-18(3,4)25-14)22-15(20)10-6-5-7-19-8-10/h5-8,11-14,16H,9H2,1-4H3/t11-,12-,13+,14-,16-/m1/s1. The second-order valence-corrected chi connectivity index (χ2v) is 7.55. The van der Waals surface area contributed by atoms with Crippen LogP contribution in [0.2, 0.25) is 0 Å². The van der Waals surface area contributed by atoms with E-state index in [1.165, 1.54) is 6.20 Å². The molecule has 8 nitrogen and oxygen atoms in total. The lowest BCUT2D eigenvalue weighted by molar-refractivity contribution is -0.232. The molecule has 4 heterocycles. The molecule has 3 fully saturated rings. The number of rotatable bonds is 3. The highest BCUT2D eigenvalue weighted by Crippen LogP contribution is 2.42. The van der Waals surface area contributed by atoms with Gasteiger partial charge in [0.25, 0.3) is 0 Å². The maximum Gasteiger partial charge on any atom is 0.340 e. The van der Waals surface area contributed by atoms with Crippen LogP contribution in [0.15, 0.2) is 24.5 Å². The molecule has 0 amide bonds. The van der Waals surface area contributed by atoms with Crippen molar-refractivity contribution in [2.45, 2.75) is 70.0 Å². The smallest absolute Gasteiger partial charge is 0.340 e. The first-order valence-corrected chi connectivity index (χ1v) is 8.68. The Hall–Kier alpha value is -1.58. The van der Waals surface area contributed by atoms with E-state index in [-0.39, 0.29) is 0 Å². The predicted octanol–water partition coefficient (Wildman–Crippen LogP) is 1.63. The third-order valence-corrected chi connectivity index (χ3v) is 4.56.